The fourth-order valence-electron chi connectivity index (χ4n) is 2.93. The monoisotopic (exact) mass is 535 g/mol. The molecule has 167 valence electrons. The first-order valence-electron chi connectivity index (χ1n) is 10.0. The van der Waals surface area contributed by atoms with Gasteiger partial charge in [-0.25, -0.2) is 0 Å². The van der Waals surface area contributed by atoms with Gasteiger partial charge in [-0.3, -0.25) is 16.2 Å². The summed E-state index contributed by atoms with van der Waals surface area (Å²) in [5.74, 6) is -0.363. The molecule has 0 spiro atoms. The van der Waals surface area contributed by atoms with E-state index in [9.17, 15) is 9.59 Å². The first kappa shape index (κ1) is 25.6. The van der Waals surface area contributed by atoms with Crippen molar-refractivity contribution >= 4 is 22.8 Å². The van der Waals surface area contributed by atoms with E-state index in [-0.39, 0.29) is 49.4 Å². The predicted molar refractivity (Wildman–Crippen MR) is 121 cm³/mol. The normalized spacial score (nSPS) is 10.2. The number of rotatable bonds is 10. The summed E-state index contributed by atoms with van der Waals surface area (Å²) in [6.45, 7) is 3.45. The van der Waals surface area contributed by atoms with Gasteiger partial charge in [0.05, 0.1) is 17.5 Å². The largest absolute Gasteiger partial charge is 0.490 e. The van der Waals surface area contributed by atoms with Crippen LogP contribution in [-0.2, 0) is 44.7 Å². The Morgan fingerprint density at radius 1 is 0.781 bits per heavy atom. The number of unbranched alkanes of at least 4 members (excludes halogenated alkanes) is 1. The number of hydrogen-bond donors (Lipinski definition) is 0. The van der Waals surface area contributed by atoms with Gasteiger partial charge in [0.1, 0.15) is 11.7 Å². The molecule has 0 unspecified atom stereocenters. The van der Waals surface area contributed by atoms with Gasteiger partial charge in [-0.2, -0.15) is 0 Å². The standard InChI is InChI=1S/C26H24O4S.Rh/c1-2-25(27)29-20-10-9-15-26(28)30-21-16-18-24(19-17-21)31(22-11-5-3-6-12-22)23-13-7-4-8-14-23;/h3-8,11-14,16-19H,1,9-10,15,20H2;. The molecule has 0 bridgehead atoms. The Morgan fingerprint density at radius 3 is 1.84 bits per heavy atom. The van der Waals surface area contributed by atoms with Crippen LogP contribution in [0.25, 0.3) is 0 Å². The smallest absolute Gasteiger partial charge is 0.311 e. The molecular weight excluding hydrogens is 511 g/mol. The van der Waals surface area contributed by atoms with Gasteiger partial charge in [0, 0.05) is 25.9 Å². The van der Waals surface area contributed by atoms with Crippen molar-refractivity contribution in [2.45, 2.75) is 33.9 Å². The van der Waals surface area contributed by atoms with E-state index in [2.05, 4.69) is 36.9 Å². The molecule has 0 saturated heterocycles. The van der Waals surface area contributed by atoms with Crippen molar-refractivity contribution in [3.8, 4) is 5.75 Å². The molecule has 0 heterocycles. The predicted octanol–water partition coefficient (Wildman–Crippen LogP) is 5.39. The maximum Gasteiger partial charge on any atom is 0.311 e. The fraction of sp³-hybridized carbons (Fsp3) is 0.154. The Balaban J connectivity index is 0.00000363. The molecule has 0 aliphatic rings. The summed E-state index contributed by atoms with van der Waals surface area (Å²) in [5.41, 5.74) is 0. The molecule has 3 aromatic carbocycles. The molecule has 1 radical (unpaired) electrons. The van der Waals surface area contributed by atoms with Crippen molar-refractivity contribution in [1.82, 2.24) is 0 Å². The van der Waals surface area contributed by atoms with E-state index in [4.69, 9.17) is 9.47 Å². The molecule has 0 saturated carbocycles. The maximum absolute atomic E-state index is 12.1. The molecule has 0 amide bonds. The third-order valence-corrected chi connectivity index (χ3v) is 6.63. The van der Waals surface area contributed by atoms with Crippen molar-refractivity contribution in [2.75, 3.05) is 6.61 Å². The van der Waals surface area contributed by atoms with Crippen LogP contribution in [0.15, 0.2) is 106 Å². The molecule has 4 nitrogen and oxygen atoms in total. The minimum atomic E-state index is -0.576. The zero-order valence-electron chi connectivity index (χ0n) is 17.5. The van der Waals surface area contributed by atoms with E-state index in [1.807, 2.05) is 60.7 Å². The molecule has 6 heteroatoms. The number of hydrogen-bond acceptors (Lipinski definition) is 4. The van der Waals surface area contributed by atoms with Crippen LogP contribution in [0.3, 0.4) is 0 Å². The molecule has 0 aliphatic carbocycles. The summed E-state index contributed by atoms with van der Waals surface area (Å²) in [6, 6.07) is 28.4. The Morgan fingerprint density at radius 2 is 1.31 bits per heavy atom. The van der Waals surface area contributed by atoms with E-state index >= 15 is 0 Å². The van der Waals surface area contributed by atoms with Crippen molar-refractivity contribution in [1.29, 1.82) is 0 Å². The van der Waals surface area contributed by atoms with Gasteiger partial charge in [0.15, 0.2) is 14.7 Å². The molecule has 0 atom stereocenters. The molecule has 0 aliphatic heterocycles. The summed E-state index contributed by atoms with van der Waals surface area (Å²) in [4.78, 5) is 26.6. The maximum atomic E-state index is 12.1. The first-order valence-corrected chi connectivity index (χ1v) is 11.2. The number of benzene rings is 3. The molecule has 0 aromatic heterocycles. The van der Waals surface area contributed by atoms with Gasteiger partial charge in [-0.05, 0) is 61.4 Å². The van der Waals surface area contributed by atoms with Crippen molar-refractivity contribution in [2.24, 2.45) is 0 Å². The zero-order valence-corrected chi connectivity index (χ0v) is 19.9. The third kappa shape index (κ3) is 7.78. The van der Waals surface area contributed by atoms with Crippen LogP contribution < -0.4 is 4.74 Å². The van der Waals surface area contributed by atoms with Crippen LogP contribution in [0.5, 0.6) is 5.75 Å². The Labute approximate surface area is 204 Å². The fourth-order valence-corrected chi connectivity index (χ4v) is 5.02. The van der Waals surface area contributed by atoms with Crippen molar-refractivity contribution in [3.05, 3.63) is 97.6 Å². The number of carbonyl (C=O) groups excluding carboxylic acids is 2. The van der Waals surface area contributed by atoms with Crippen LogP contribution in [0.2, 0.25) is 0 Å². The SMILES string of the molecule is C=[C-]C(=O)OCCCCC(=O)Oc1ccc([S+](c2ccccc2)c2ccccc2)cc1.[Rh]. The van der Waals surface area contributed by atoms with E-state index in [1.54, 1.807) is 0 Å². The van der Waals surface area contributed by atoms with Crippen molar-refractivity contribution < 1.29 is 38.5 Å². The van der Waals surface area contributed by atoms with E-state index in [1.165, 1.54) is 9.79 Å². The summed E-state index contributed by atoms with van der Waals surface area (Å²) in [6.07, 6.45) is 3.55. The average Bonchev–Trinajstić information content (AvgIpc) is 2.81. The second-order valence-corrected chi connectivity index (χ2v) is 8.67. The molecule has 0 fully saturated rings. The van der Waals surface area contributed by atoms with Crippen LogP contribution in [0, 0.1) is 6.08 Å². The minimum absolute atomic E-state index is 0. The Hall–Kier alpha value is -2.69. The van der Waals surface area contributed by atoms with Crippen molar-refractivity contribution in [3.63, 3.8) is 0 Å². The van der Waals surface area contributed by atoms with E-state index in [0.717, 1.165) is 4.90 Å². The number of ether oxygens (including phenoxy) is 2. The number of esters is 2. The second-order valence-electron chi connectivity index (χ2n) is 6.65. The first-order chi connectivity index (χ1) is 15.2. The Bertz CT molecular complexity index is 952. The average molecular weight is 535 g/mol. The van der Waals surface area contributed by atoms with E-state index < -0.39 is 5.97 Å². The molecule has 3 aromatic rings. The van der Waals surface area contributed by atoms with Crippen LogP contribution >= 0.6 is 0 Å². The minimum Gasteiger partial charge on any atom is -0.490 e. The van der Waals surface area contributed by atoms with Gasteiger partial charge in [-0.15, -0.1) is 0 Å². The topological polar surface area (TPSA) is 52.6 Å². The molecule has 3 rings (SSSR count). The van der Waals surface area contributed by atoms with Gasteiger partial charge in [-0.1, -0.05) is 36.4 Å². The second kappa shape index (κ2) is 13.7. The zero-order chi connectivity index (χ0) is 21.9. The van der Waals surface area contributed by atoms with Crippen LogP contribution in [0.1, 0.15) is 19.3 Å². The van der Waals surface area contributed by atoms with E-state index in [0.29, 0.717) is 18.6 Å². The molecule has 0 N–H and O–H groups in total. The summed E-state index contributed by atoms with van der Waals surface area (Å²) in [5, 5.41) is 0. The Kier molecular flexibility index (Phi) is 10.9. The third-order valence-electron chi connectivity index (χ3n) is 4.40. The van der Waals surface area contributed by atoms with Gasteiger partial charge < -0.3 is 15.5 Å². The van der Waals surface area contributed by atoms with Crippen LogP contribution in [-0.4, -0.2) is 18.5 Å². The molecule has 32 heavy (non-hydrogen) atoms. The van der Waals surface area contributed by atoms with Gasteiger partial charge in [0.25, 0.3) is 0 Å². The summed E-state index contributed by atoms with van der Waals surface area (Å²) >= 11 is 0. The summed E-state index contributed by atoms with van der Waals surface area (Å²) in [7, 11) is -0.239. The van der Waals surface area contributed by atoms with Gasteiger partial charge in [0.2, 0.25) is 0 Å². The quantitative estimate of drug-likeness (QED) is 0.0665. The number of carbonyl (C=O) groups is 2. The van der Waals surface area contributed by atoms with Crippen LogP contribution in [0.4, 0.5) is 0 Å². The molecular formula is C26H24O4RhS. The van der Waals surface area contributed by atoms with Gasteiger partial charge >= 0.3 is 5.97 Å². The summed E-state index contributed by atoms with van der Waals surface area (Å²) < 4.78 is 10.3.